The number of alkyl carbamates (subject to hydrolysis) is 1. The second-order valence-corrected chi connectivity index (χ2v) is 8.31. The lowest BCUT2D eigenvalue weighted by molar-refractivity contribution is -0.136. The van der Waals surface area contributed by atoms with Gasteiger partial charge in [-0.1, -0.05) is 62.4 Å². The molecule has 0 heterocycles. The van der Waals surface area contributed by atoms with Gasteiger partial charge in [-0.25, -0.2) is 4.79 Å². The van der Waals surface area contributed by atoms with Crippen LogP contribution in [0.15, 0.2) is 30.3 Å². The van der Waals surface area contributed by atoms with Crippen molar-refractivity contribution in [1.82, 2.24) is 5.32 Å². The Bertz CT molecular complexity index is 620. The first kappa shape index (κ1) is 22.4. The SMILES string of the molecule is CC(C)(O)C(=O)C[C@H](O)[C@H](CC1CCCCC1)NC(=O)OCc1ccccc1. The van der Waals surface area contributed by atoms with E-state index in [9.17, 15) is 19.8 Å². The van der Waals surface area contributed by atoms with Crippen LogP contribution in [0.5, 0.6) is 0 Å². The molecule has 1 saturated carbocycles. The Morgan fingerprint density at radius 1 is 1.18 bits per heavy atom. The second-order valence-electron chi connectivity index (χ2n) is 8.31. The number of amides is 1. The Balaban J connectivity index is 1.95. The minimum absolute atomic E-state index is 0.140. The molecule has 0 saturated heterocycles. The van der Waals surface area contributed by atoms with Gasteiger partial charge >= 0.3 is 6.09 Å². The van der Waals surface area contributed by atoms with Crippen molar-refractivity contribution in [1.29, 1.82) is 0 Å². The summed E-state index contributed by atoms with van der Waals surface area (Å²) in [5.41, 5.74) is -0.635. The number of hydrogen-bond donors (Lipinski definition) is 3. The first-order valence-corrected chi connectivity index (χ1v) is 10.2. The average Bonchev–Trinajstić information content (AvgIpc) is 2.66. The number of rotatable bonds is 9. The number of nitrogens with one attached hydrogen (secondary N) is 1. The van der Waals surface area contributed by atoms with E-state index in [2.05, 4.69) is 5.32 Å². The Morgan fingerprint density at radius 3 is 2.43 bits per heavy atom. The fraction of sp³-hybridized carbons (Fsp3) is 0.636. The number of Topliss-reactive ketones (excluding diaryl/α,β-unsaturated/α-hetero) is 1. The van der Waals surface area contributed by atoms with Crippen LogP contribution in [0.4, 0.5) is 4.79 Å². The molecule has 0 aromatic heterocycles. The number of aliphatic hydroxyl groups is 2. The van der Waals surface area contributed by atoms with Gasteiger partial charge in [0.05, 0.1) is 12.1 Å². The van der Waals surface area contributed by atoms with Gasteiger partial charge < -0.3 is 20.3 Å². The smallest absolute Gasteiger partial charge is 0.407 e. The highest BCUT2D eigenvalue weighted by Crippen LogP contribution is 2.28. The number of benzene rings is 1. The normalized spacial score (nSPS) is 17.6. The summed E-state index contributed by atoms with van der Waals surface area (Å²) < 4.78 is 5.27. The first-order chi connectivity index (χ1) is 13.3. The minimum atomic E-state index is -1.51. The first-order valence-electron chi connectivity index (χ1n) is 10.2. The number of ether oxygens (including phenoxy) is 1. The third kappa shape index (κ3) is 7.60. The van der Waals surface area contributed by atoms with Crippen molar-refractivity contribution in [2.24, 2.45) is 5.92 Å². The average molecular weight is 392 g/mol. The van der Waals surface area contributed by atoms with Gasteiger partial charge in [0, 0.05) is 6.42 Å². The largest absolute Gasteiger partial charge is 0.445 e. The molecule has 2 atom stereocenters. The molecule has 1 aromatic carbocycles. The fourth-order valence-electron chi connectivity index (χ4n) is 3.59. The zero-order chi connectivity index (χ0) is 20.6. The van der Waals surface area contributed by atoms with Crippen molar-refractivity contribution >= 4 is 11.9 Å². The second kappa shape index (κ2) is 10.6. The molecule has 2 rings (SSSR count). The molecule has 3 N–H and O–H groups in total. The molecule has 0 aliphatic heterocycles. The number of aliphatic hydroxyl groups excluding tert-OH is 1. The maximum Gasteiger partial charge on any atom is 0.407 e. The van der Waals surface area contributed by atoms with Gasteiger partial charge in [0.25, 0.3) is 0 Å². The van der Waals surface area contributed by atoms with Gasteiger partial charge in [-0.15, -0.1) is 0 Å². The lowest BCUT2D eigenvalue weighted by Gasteiger charge is -2.30. The molecular weight excluding hydrogens is 358 g/mol. The van der Waals surface area contributed by atoms with Crippen LogP contribution < -0.4 is 5.32 Å². The van der Waals surface area contributed by atoms with E-state index in [-0.39, 0.29) is 13.0 Å². The van der Waals surface area contributed by atoms with Crippen molar-refractivity contribution in [3.8, 4) is 0 Å². The summed E-state index contributed by atoms with van der Waals surface area (Å²) in [6.45, 7) is 2.95. The molecular formula is C22H33NO5. The predicted molar refractivity (Wildman–Crippen MR) is 107 cm³/mol. The van der Waals surface area contributed by atoms with Crippen molar-refractivity contribution < 1.29 is 24.5 Å². The van der Waals surface area contributed by atoms with Crippen molar-refractivity contribution in [2.75, 3.05) is 0 Å². The maximum atomic E-state index is 12.3. The van der Waals surface area contributed by atoms with Crippen LogP contribution in [-0.4, -0.2) is 39.8 Å². The van der Waals surface area contributed by atoms with E-state index >= 15 is 0 Å². The van der Waals surface area contributed by atoms with Gasteiger partial charge in [-0.3, -0.25) is 4.79 Å². The van der Waals surface area contributed by atoms with Gasteiger partial charge in [0.2, 0.25) is 0 Å². The molecule has 6 nitrogen and oxygen atoms in total. The van der Waals surface area contributed by atoms with E-state index in [0.717, 1.165) is 31.2 Å². The van der Waals surface area contributed by atoms with Crippen molar-refractivity contribution in [3.05, 3.63) is 35.9 Å². The van der Waals surface area contributed by atoms with Crippen LogP contribution in [0.1, 0.15) is 64.4 Å². The van der Waals surface area contributed by atoms with Crippen LogP contribution in [-0.2, 0) is 16.1 Å². The Labute approximate surface area is 167 Å². The Kier molecular flexibility index (Phi) is 8.45. The van der Waals surface area contributed by atoms with E-state index < -0.39 is 29.6 Å². The molecule has 0 radical (unpaired) electrons. The predicted octanol–water partition coefficient (Wildman–Crippen LogP) is 3.34. The highest BCUT2D eigenvalue weighted by molar-refractivity contribution is 5.86. The Morgan fingerprint density at radius 2 is 1.82 bits per heavy atom. The molecule has 0 spiro atoms. The Hall–Kier alpha value is -1.92. The molecule has 1 aliphatic carbocycles. The van der Waals surface area contributed by atoms with Gasteiger partial charge in [0.15, 0.2) is 5.78 Å². The number of carbonyl (C=O) groups is 2. The quantitative estimate of drug-likeness (QED) is 0.600. The monoisotopic (exact) mass is 391 g/mol. The lowest BCUT2D eigenvalue weighted by Crippen LogP contribution is -2.47. The van der Waals surface area contributed by atoms with E-state index in [1.807, 2.05) is 30.3 Å². The third-order valence-electron chi connectivity index (χ3n) is 5.37. The van der Waals surface area contributed by atoms with Crippen LogP contribution in [0, 0.1) is 5.92 Å². The van der Waals surface area contributed by atoms with E-state index in [4.69, 9.17) is 4.74 Å². The van der Waals surface area contributed by atoms with Gasteiger partial charge in [-0.05, 0) is 31.7 Å². The van der Waals surface area contributed by atoms with E-state index in [1.54, 1.807) is 0 Å². The van der Waals surface area contributed by atoms with Crippen LogP contribution in [0.2, 0.25) is 0 Å². The van der Waals surface area contributed by atoms with Crippen LogP contribution >= 0.6 is 0 Å². The molecule has 0 bridgehead atoms. The molecule has 1 amide bonds. The molecule has 6 heteroatoms. The molecule has 1 fully saturated rings. The molecule has 156 valence electrons. The summed E-state index contributed by atoms with van der Waals surface area (Å²) in [7, 11) is 0. The summed E-state index contributed by atoms with van der Waals surface area (Å²) in [5, 5.41) is 23.2. The van der Waals surface area contributed by atoms with E-state index in [1.165, 1.54) is 20.3 Å². The van der Waals surface area contributed by atoms with Crippen LogP contribution in [0.3, 0.4) is 0 Å². The third-order valence-corrected chi connectivity index (χ3v) is 5.37. The molecule has 1 aromatic rings. The molecule has 1 aliphatic rings. The molecule has 0 unspecified atom stereocenters. The lowest BCUT2D eigenvalue weighted by atomic mass is 9.82. The number of carbonyl (C=O) groups excluding carboxylic acids is 2. The summed E-state index contributed by atoms with van der Waals surface area (Å²) in [4.78, 5) is 24.4. The van der Waals surface area contributed by atoms with E-state index in [0.29, 0.717) is 12.3 Å². The van der Waals surface area contributed by atoms with Gasteiger partial charge in [0.1, 0.15) is 12.2 Å². The summed E-state index contributed by atoms with van der Waals surface area (Å²) in [6.07, 6.45) is 4.34. The minimum Gasteiger partial charge on any atom is -0.445 e. The zero-order valence-electron chi connectivity index (χ0n) is 16.9. The molecule has 28 heavy (non-hydrogen) atoms. The summed E-state index contributed by atoms with van der Waals surface area (Å²) >= 11 is 0. The topological polar surface area (TPSA) is 95.9 Å². The maximum absolute atomic E-state index is 12.3. The number of hydrogen-bond acceptors (Lipinski definition) is 5. The summed E-state index contributed by atoms with van der Waals surface area (Å²) in [6, 6.07) is 8.77. The highest BCUT2D eigenvalue weighted by Gasteiger charge is 2.32. The zero-order valence-corrected chi connectivity index (χ0v) is 16.9. The highest BCUT2D eigenvalue weighted by atomic mass is 16.5. The van der Waals surface area contributed by atoms with Crippen molar-refractivity contribution in [3.63, 3.8) is 0 Å². The summed E-state index contributed by atoms with van der Waals surface area (Å²) in [5.74, 6) is -0.0480. The fourth-order valence-corrected chi connectivity index (χ4v) is 3.59. The standard InChI is InChI=1S/C22H33NO5/c1-22(2,27)20(25)14-19(24)18(13-16-9-5-3-6-10-16)23-21(26)28-15-17-11-7-4-8-12-17/h4,7-8,11-12,16,18-19,24,27H,3,5-6,9-10,13-15H2,1-2H3,(H,23,26)/t18-,19-/m0/s1. The number of ketones is 1. The van der Waals surface area contributed by atoms with Crippen molar-refractivity contribution in [2.45, 2.75) is 83.1 Å². The van der Waals surface area contributed by atoms with Crippen LogP contribution in [0.25, 0.3) is 0 Å². The van der Waals surface area contributed by atoms with Gasteiger partial charge in [-0.2, -0.15) is 0 Å².